The summed E-state index contributed by atoms with van der Waals surface area (Å²) >= 11 is 5.92. The molecule has 2 aromatic heterocycles. The Hall–Kier alpha value is -2.00. The van der Waals surface area contributed by atoms with Crippen LogP contribution in [0.4, 0.5) is 0 Å². The third kappa shape index (κ3) is 3.84. The van der Waals surface area contributed by atoms with E-state index in [1.165, 1.54) is 11.3 Å². The Morgan fingerprint density at radius 2 is 1.63 bits per heavy atom. The molecule has 0 aliphatic rings. The summed E-state index contributed by atoms with van der Waals surface area (Å²) in [5, 5.41) is 3.66. The second-order valence-electron chi connectivity index (χ2n) is 5.58. The van der Waals surface area contributed by atoms with Gasteiger partial charge in [-0.25, -0.2) is 0 Å². The van der Waals surface area contributed by atoms with Crippen LogP contribution in [0.2, 0.25) is 0 Å². The van der Waals surface area contributed by atoms with E-state index in [1.807, 2.05) is 64.5 Å². The van der Waals surface area contributed by atoms with Gasteiger partial charge in [0.2, 0.25) is 4.80 Å². The molecule has 0 amide bonds. The minimum Gasteiger partial charge on any atom is -0.284 e. The zero-order chi connectivity index (χ0) is 18.9. The highest BCUT2D eigenvalue weighted by molar-refractivity contribution is 9.10. The van der Waals surface area contributed by atoms with E-state index in [1.54, 1.807) is 17.5 Å². The molecule has 0 aliphatic heterocycles. The number of rotatable bonds is 4. The van der Waals surface area contributed by atoms with E-state index in [-0.39, 0.29) is 4.21 Å². The Balaban J connectivity index is 1.96. The molecule has 0 N–H and O–H groups in total. The van der Waals surface area contributed by atoms with Crippen LogP contribution in [0.1, 0.15) is 0 Å². The van der Waals surface area contributed by atoms with E-state index in [0.717, 1.165) is 32.8 Å². The number of nitrogens with zero attached hydrogens (tertiary/aromatic N) is 2. The normalized spacial score (nSPS) is 12.4. The van der Waals surface area contributed by atoms with Crippen molar-refractivity contribution in [1.29, 1.82) is 0 Å². The Bertz CT molecular complexity index is 1220. The number of thiazole rings is 1. The van der Waals surface area contributed by atoms with Crippen molar-refractivity contribution in [2.75, 3.05) is 0 Å². The molecule has 0 fully saturated rings. The molecule has 4 aromatic rings. The summed E-state index contributed by atoms with van der Waals surface area (Å²) in [4.78, 5) is 0.410. The molecule has 0 radical (unpaired) electrons. The fraction of sp³-hybridized carbons (Fsp3) is 0. The van der Waals surface area contributed by atoms with E-state index in [9.17, 15) is 8.42 Å². The number of hydrogen-bond donors (Lipinski definition) is 0. The fourth-order valence-electron chi connectivity index (χ4n) is 2.58. The molecule has 2 aromatic carbocycles. The fourth-order valence-corrected chi connectivity index (χ4v) is 5.92. The van der Waals surface area contributed by atoms with Crippen molar-refractivity contribution in [2.24, 2.45) is 4.40 Å². The second kappa shape index (κ2) is 7.55. The van der Waals surface area contributed by atoms with Gasteiger partial charge in [0.05, 0.1) is 5.69 Å². The quantitative estimate of drug-likeness (QED) is 0.400. The van der Waals surface area contributed by atoms with Crippen LogP contribution < -0.4 is 4.80 Å². The van der Waals surface area contributed by atoms with Crippen LogP contribution in [0.3, 0.4) is 0 Å². The van der Waals surface area contributed by atoms with Crippen molar-refractivity contribution in [3.63, 3.8) is 0 Å². The first-order valence-corrected chi connectivity index (χ1v) is 11.9. The van der Waals surface area contributed by atoms with Gasteiger partial charge in [0.25, 0.3) is 10.0 Å². The summed E-state index contributed by atoms with van der Waals surface area (Å²) in [6, 6.07) is 20.8. The molecule has 8 heteroatoms. The summed E-state index contributed by atoms with van der Waals surface area (Å²) in [6.45, 7) is 0. The predicted octanol–water partition coefficient (Wildman–Crippen LogP) is 5.32. The van der Waals surface area contributed by atoms with Gasteiger partial charge in [0.1, 0.15) is 4.21 Å². The van der Waals surface area contributed by atoms with Crippen molar-refractivity contribution in [3.8, 4) is 16.9 Å². The van der Waals surface area contributed by atoms with Crippen molar-refractivity contribution < 1.29 is 8.42 Å². The molecule has 136 valence electrons. The molecule has 0 bridgehead atoms. The van der Waals surface area contributed by atoms with Crippen molar-refractivity contribution in [3.05, 3.63) is 86.8 Å². The van der Waals surface area contributed by atoms with Gasteiger partial charge in [-0.3, -0.25) is 4.57 Å². The summed E-state index contributed by atoms with van der Waals surface area (Å²) in [6.07, 6.45) is 0. The summed E-state index contributed by atoms with van der Waals surface area (Å²) in [7, 11) is -3.75. The highest BCUT2D eigenvalue weighted by Crippen LogP contribution is 2.26. The molecule has 27 heavy (non-hydrogen) atoms. The first-order valence-electron chi connectivity index (χ1n) is 7.91. The van der Waals surface area contributed by atoms with E-state index < -0.39 is 10.0 Å². The van der Waals surface area contributed by atoms with Crippen LogP contribution in [-0.4, -0.2) is 13.0 Å². The standard InChI is InChI=1S/C19H13BrN2O2S3/c20-15-10-8-14(9-11-15)17-13-26-19(22(17)16-5-2-1-3-6-16)21-27(23,24)18-7-4-12-25-18/h1-13H/b21-19+. The second-order valence-corrected chi connectivity index (χ2v) is 10.1. The number of para-hydroxylation sites is 1. The Morgan fingerprint density at radius 1 is 0.889 bits per heavy atom. The zero-order valence-electron chi connectivity index (χ0n) is 13.8. The van der Waals surface area contributed by atoms with Gasteiger partial charge in [0, 0.05) is 15.5 Å². The molecule has 0 aliphatic carbocycles. The first-order chi connectivity index (χ1) is 13.0. The van der Waals surface area contributed by atoms with Crippen LogP contribution in [0.25, 0.3) is 16.9 Å². The largest absolute Gasteiger partial charge is 0.294 e. The lowest BCUT2D eigenvalue weighted by atomic mass is 10.1. The van der Waals surface area contributed by atoms with Crippen molar-refractivity contribution in [2.45, 2.75) is 4.21 Å². The van der Waals surface area contributed by atoms with Gasteiger partial charge in [-0.1, -0.05) is 52.3 Å². The number of thiophene rings is 1. The Labute approximate surface area is 173 Å². The number of benzene rings is 2. The molecule has 4 nitrogen and oxygen atoms in total. The van der Waals surface area contributed by atoms with E-state index in [0.29, 0.717) is 4.80 Å². The average molecular weight is 477 g/mol. The number of hydrogen-bond acceptors (Lipinski definition) is 4. The van der Waals surface area contributed by atoms with E-state index >= 15 is 0 Å². The summed E-state index contributed by atoms with van der Waals surface area (Å²) < 4.78 is 32.6. The van der Waals surface area contributed by atoms with Gasteiger partial charge >= 0.3 is 0 Å². The van der Waals surface area contributed by atoms with Gasteiger partial charge in [-0.15, -0.1) is 27.1 Å². The minimum absolute atomic E-state index is 0.237. The SMILES string of the molecule is O=S(=O)(/N=c1/scc(-c2ccc(Br)cc2)n1-c1ccccc1)c1cccs1. The van der Waals surface area contributed by atoms with Gasteiger partial charge in [-0.05, 0) is 41.3 Å². The highest BCUT2D eigenvalue weighted by atomic mass is 79.9. The lowest BCUT2D eigenvalue weighted by Crippen LogP contribution is -2.16. The molecule has 4 rings (SSSR count). The third-order valence-electron chi connectivity index (χ3n) is 3.81. The van der Waals surface area contributed by atoms with Crippen LogP contribution in [0.15, 0.2) is 90.6 Å². The topological polar surface area (TPSA) is 51.4 Å². The van der Waals surface area contributed by atoms with Crippen LogP contribution in [-0.2, 0) is 10.0 Å². The van der Waals surface area contributed by atoms with Crippen LogP contribution >= 0.6 is 38.6 Å². The average Bonchev–Trinajstić information content (AvgIpc) is 3.33. The van der Waals surface area contributed by atoms with Gasteiger partial charge in [0.15, 0.2) is 0 Å². The lowest BCUT2D eigenvalue weighted by Gasteiger charge is -2.09. The number of aromatic nitrogens is 1. The Kier molecular flexibility index (Phi) is 5.14. The maximum absolute atomic E-state index is 12.7. The molecule has 0 saturated heterocycles. The first kappa shape index (κ1) is 18.4. The molecular formula is C19H13BrN2O2S3. The van der Waals surface area contributed by atoms with E-state index in [4.69, 9.17) is 0 Å². The van der Waals surface area contributed by atoms with Crippen LogP contribution in [0.5, 0.6) is 0 Å². The van der Waals surface area contributed by atoms with Crippen molar-refractivity contribution in [1.82, 2.24) is 4.57 Å². The molecule has 0 spiro atoms. The highest BCUT2D eigenvalue weighted by Gasteiger charge is 2.16. The molecule has 0 atom stereocenters. The monoisotopic (exact) mass is 476 g/mol. The van der Waals surface area contributed by atoms with E-state index in [2.05, 4.69) is 20.3 Å². The third-order valence-corrected chi connectivity index (χ3v) is 7.92. The lowest BCUT2D eigenvalue weighted by molar-refractivity contribution is 0.598. The van der Waals surface area contributed by atoms with Crippen molar-refractivity contribution >= 4 is 48.6 Å². The maximum atomic E-state index is 12.7. The van der Waals surface area contributed by atoms with Gasteiger partial charge < -0.3 is 0 Å². The maximum Gasteiger partial charge on any atom is 0.294 e. The molecule has 0 saturated carbocycles. The van der Waals surface area contributed by atoms with Gasteiger partial charge in [-0.2, -0.15) is 8.42 Å². The predicted molar refractivity (Wildman–Crippen MR) is 114 cm³/mol. The smallest absolute Gasteiger partial charge is 0.284 e. The number of sulfonamides is 1. The Morgan fingerprint density at radius 3 is 2.30 bits per heavy atom. The molecule has 0 unspecified atom stereocenters. The number of halogens is 1. The van der Waals surface area contributed by atoms with Crippen LogP contribution in [0, 0.1) is 0 Å². The molecular weight excluding hydrogens is 464 g/mol. The zero-order valence-corrected chi connectivity index (χ0v) is 17.9. The molecule has 2 heterocycles. The minimum atomic E-state index is -3.75. The summed E-state index contributed by atoms with van der Waals surface area (Å²) in [5.41, 5.74) is 2.73. The summed E-state index contributed by atoms with van der Waals surface area (Å²) in [5.74, 6) is 0.